The number of hydrogen-bond donors (Lipinski definition) is 6. The van der Waals surface area contributed by atoms with Gasteiger partial charge in [-0.05, 0) is 237 Å². The van der Waals surface area contributed by atoms with Crippen LogP contribution in [0.4, 0.5) is 0 Å². The fourth-order valence-electron chi connectivity index (χ4n) is 28.3. The Hall–Kier alpha value is -6.54. The molecule has 16 aliphatic carbocycles. The van der Waals surface area contributed by atoms with Crippen molar-refractivity contribution in [2.45, 2.75) is 273 Å². The van der Waals surface area contributed by atoms with Crippen LogP contribution < -0.4 is 0 Å². The minimum absolute atomic E-state index is 0.0401. The molecular weight excluding hydrogens is 1440 g/mol. The molecule has 0 amide bonds. The maximum atomic E-state index is 13.2. The highest BCUT2D eigenvalue weighted by Gasteiger charge is 2.73. The predicted molar refractivity (Wildman–Crippen MR) is 430 cm³/mol. The van der Waals surface area contributed by atoms with Gasteiger partial charge in [-0.1, -0.05) is 176 Å². The Labute approximate surface area is 674 Å². The quantitative estimate of drug-likeness (QED) is 0.0695. The van der Waals surface area contributed by atoms with Crippen LogP contribution in [0, 0.1) is 114 Å². The van der Waals surface area contributed by atoms with Gasteiger partial charge >= 0.3 is 11.9 Å². The lowest BCUT2D eigenvalue weighted by Gasteiger charge is -2.54. The average Bonchev–Trinajstić information content (AvgIpc) is 1.53. The number of hydrogen-bond acceptors (Lipinski definition) is 18. The van der Waals surface area contributed by atoms with Gasteiger partial charge in [-0.2, -0.15) is 0 Å². The number of ketones is 8. The van der Waals surface area contributed by atoms with Crippen molar-refractivity contribution in [3.63, 3.8) is 0 Å². The summed E-state index contributed by atoms with van der Waals surface area (Å²) >= 11 is 0. The van der Waals surface area contributed by atoms with Crippen LogP contribution in [0.25, 0.3) is 0 Å². The molecule has 0 aromatic carbocycles. The van der Waals surface area contributed by atoms with E-state index in [2.05, 4.69) is 65.8 Å². The zero-order valence-electron chi connectivity index (χ0n) is 70.2. The lowest BCUT2D eigenvalue weighted by molar-refractivity contribution is -0.168. The number of Topliss-reactive ketones (excluding diaryl/α,β-unsaturated/α-hetero) is 4. The largest absolute Gasteiger partial charge is 0.458 e. The standard InChI is InChI=1S/C25H34O5.C25H32O5.C23H32O4.C23H30O4/c2*1-5-16-13-21-19-7-6-17-12-18(27)8-10-23(17,3)20(19)9-11-24(21,4)25(16,29)22(28)14-30-15(2)26;2*1-4-14-12-19-17-6-5-15-11-16(25)7-9-21(15,2)18(17)8-10-22(19,3)23(14,27)20(26)13-24/h9,12,16,19,21,29H,5-8,10-11,13-14H2,1-4H3;8-10,12,16,19,21,29H,5-7,11,13-14H2,1-4H3;8,11,14,17,19,24,27H,4-7,9-10,12-13H2,1-3H3;7-9,11,14,17,19,24,27H,4-6,10,12-13H2,1-3H3/t2*16-,19?,21?,23+,24+,25+;2*14-,17?,19?,21-,22-,23-/m1100/s1. The van der Waals surface area contributed by atoms with Crippen LogP contribution >= 0.6 is 0 Å². The molecular formula is C96H128O18. The molecule has 16 rings (SSSR count). The molecule has 16 aliphatic rings. The van der Waals surface area contributed by atoms with Crippen molar-refractivity contribution in [3.05, 3.63) is 117 Å². The Morgan fingerprint density at radius 2 is 0.658 bits per heavy atom. The van der Waals surface area contributed by atoms with E-state index in [1.54, 1.807) is 24.3 Å². The number of aliphatic hydroxyl groups is 6. The first-order chi connectivity index (χ1) is 53.6. The fraction of sp³-hybridized carbons (Fsp3) is 0.688. The van der Waals surface area contributed by atoms with Crippen molar-refractivity contribution >= 4 is 58.2 Å². The number of esters is 2. The van der Waals surface area contributed by atoms with Crippen LogP contribution in [-0.2, 0) is 57.4 Å². The summed E-state index contributed by atoms with van der Waals surface area (Å²) in [5, 5.41) is 66.1. The summed E-state index contributed by atoms with van der Waals surface area (Å²) in [6.45, 7) is 25.9. The van der Waals surface area contributed by atoms with Gasteiger partial charge in [0.1, 0.15) is 35.6 Å². The Kier molecular flexibility index (Phi) is 22.7. The monoisotopic (exact) mass is 1570 g/mol. The predicted octanol–water partition coefficient (Wildman–Crippen LogP) is 14.2. The molecule has 114 heavy (non-hydrogen) atoms. The first-order valence-corrected chi connectivity index (χ1v) is 43.3. The molecule has 18 heteroatoms. The smallest absolute Gasteiger partial charge is 0.303 e. The van der Waals surface area contributed by atoms with Gasteiger partial charge in [0, 0.05) is 70.0 Å². The minimum Gasteiger partial charge on any atom is -0.458 e. The number of allylic oxidation sites excluding steroid dienone is 20. The first-order valence-electron chi connectivity index (χ1n) is 43.3. The van der Waals surface area contributed by atoms with Crippen LogP contribution in [0.2, 0.25) is 0 Å². The van der Waals surface area contributed by atoms with Gasteiger partial charge in [-0.25, -0.2) is 0 Å². The van der Waals surface area contributed by atoms with Crippen molar-refractivity contribution in [3.8, 4) is 0 Å². The number of carbonyl (C=O) groups excluding carboxylic acids is 10. The summed E-state index contributed by atoms with van der Waals surface area (Å²) < 4.78 is 9.99. The number of ether oxygens (including phenoxy) is 2. The van der Waals surface area contributed by atoms with Crippen LogP contribution in [-0.4, -0.2) is 138 Å². The van der Waals surface area contributed by atoms with E-state index in [9.17, 15) is 78.6 Å². The summed E-state index contributed by atoms with van der Waals surface area (Å²) in [5.41, 5.74) is 1.74. The maximum Gasteiger partial charge on any atom is 0.303 e. The minimum atomic E-state index is -1.50. The van der Waals surface area contributed by atoms with Gasteiger partial charge in [-0.3, -0.25) is 47.9 Å². The molecule has 620 valence electrons. The van der Waals surface area contributed by atoms with Gasteiger partial charge in [-0.15, -0.1) is 0 Å². The summed E-state index contributed by atoms with van der Waals surface area (Å²) in [7, 11) is 0. The molecule has 0 bridgehead atoms. The number of aliphatic hydroxyl groups excluding tert-OH is 2. The molecule has 24 atom stereocenters. The van der Waals surface area contributed by atoms with E-state index in [1.165, 1.54) is 58.4 Å². The van der Waals surface area contributed by atoms with Crippen molar-refractivity contribution in [2.24, 2.45) is 114 Å². The maximum absolute atomic E-state index is 13.2. The highest BCUT2D eigenvalue weighted by atomic mass is 16.5. The average molecular weight is 1570 g/mol. The molecule has 8 unspecified atom stereocenters. The second-order valence-corrected chi connectivity index (χ2v) is 39.3. The molecule has 0 aromatic heterocycles. The summed E-state index contributed by atoms with van der Waals surface area (Å²) in [4.78, 5) is 122. The Morgan fingerprint density at radius 1 is 0.386 bits per heavy atom. The lowest BCUT2D eigenvalue weighted by Crippen LogP contribution is -2.58. The van der Waals surface area contributed by atoms with E-state index in [-0.39, 0.29) is 123 Å². The van der Waals surface area contributed by atoms with Gasteiger partial charge in [0.15, 0.2) is 47.9 Å². The Morgan fingerprint density at radius 3 is 0.939 bits per heavy atom. The highest BCUT2D eigenvalue weighted by molar-refractivity contribution is 6.02. The zero-order valence-corrected chi connectivity index (χ0v) is 70.2. The molecule has 8 saturated carbocycles. The molecule has 0 radical (unpaired) electrons. The van der Waals surface area contributed by atoms with Crippen molar-refractivity contribution in [1.29, 1.82) is 0 Å². The highest BCUT2D eigenvalue weighted by Crippen LogP contribution is 2.73. The van der Waals surface area contributed by atoms with Crippen molar-refractivity contribution in [1.82, 2.24) is 0 Å². The van der Waals surface area contributed by atoms with Crippen molar-refractivity contribution < 1.29 is 88.1 Å². The summed E-state index contributed by atoms with van der Waals surface area (Å²) in [6, 6.07) is 0. The summed E-state index contributed by atoms with van der Waals surface area (Å²) in [6.07, 6.45) is 42.8. The van der Waals surface area contributed by atoms with E-state index >= 15 is 0 Å². The molecule has 0 saturated heterocycles. The fourth-order valence-corrected chi connectivity index (χ4v) is 28.3. The van der Waals surface area contributed by atoms with Crippen LogP contribution in [0.15, 0.2) is 117 Å². The number of rotatable bonds is 14. The topological polar surface area (TPSA) is 311 Å². The number of carbonyl (C=O) groups is 10. The third kappa shape index (κ3) is 12.5. The molecule has 6 N–H and O–H groups in total. The van der Waals surface area contributed by atoms with E-state index < -0.39 is 80.8 Å². The normalized spacial score (nSPS) is 43.9. The molecule has 0 spiro atoms. The second-order valence-electron chi connectivity index (χ2n) is 39.3. The summed E-state index contributed by atoms with van der Waals surface area (Å²) in [5.74, 6) is -0.395. The molecule has 8 fully saturated rings. The van der Waals surface area contributed by atoms with Crippen LogP contribution in [0.1, 0.15) is 251 Å². The number of fused-ring (bicyclic) bond motifs is 20. The van der Waals surface area contributed by atoms with E-state index in [1.807, 2.05) is 65.8 Å². The van der Waals surface area contributed by atoms with Crippen LogP contribution in [0.3, 0.4) is 0 Å². The van der Waals surface area contributed by atoms with Gasteiger partial charge in [0.2, 0.25) is 11.6 Å². The van der Waals surface area contributed by atoms with E-state index in [0.717, 1.165) is 103 Å². The van der Waals surface area contributed by atoms with Gasteiger partial charge < -0.3 is 40.1 Å². The zero-order chi connectivity index (χ0) is 83.0. The molecule has 0 aliphatic heterocycles. The third-order valence-electron chi connectivity index (χ3n) is 34.9. The SMILES string of the molecule is CC[C@@H]1CC2C3CCC4=CC(=O)C=C[C@]4(C)C3=CC[C@]2(C)[C@@]1(O)C(=O)COC(C)=O.CC[C@@H]1CC2C3CCC4=CC(=O)CC[C@]4(C)C3=CC[C@]2(C)[C@@]1(O)C(=O)COC(C)=O.CC[C@H]1CC2C3CCC4=CC(=O)C=C[C@]4(C)C3=CC[C@]2(C)[C@@]1(O)C(=O)CO.CC[C@H]1CC2C3CCC4=CC(=O)CC[C@]4(C)C3=CC[C@]2(C)[C@@]1(O)C(=O)CO. The van der Waals surface area contributed by atoms with Gasteiger partial charge in [0.05, 0.1) is 0 Å². The van der Waals surface area contributed by atoms with E-state index in [4.69, 9.17) is 9.47 Å². The molecule has 0 heterocycles. The Bertz CT molecular complexity index is 4360. The van der Waals surface area contributed by atoms with Crippen LogP contribution in [0.5, 0.6) is 0 Å². The lowest BCUT2D eigenvalue weighted by atomic mass is 9.50. The first kappa shape index (κ1) is 85.3. The Balaban J connectivity index is 0.000000133. The van der Waals surface area contributed by atoms with Crippen molar-refractivity contribution in [2.75, 3.05) is 26.4 Å². The molecule has 0 aromatic rings. The van der Waals surface area contributed by atoms with E-state index in [0.29, 0.717) is 69.1 Å². The van der Waals surface area contributed by atoms with Gasteiger partial charge in [0.25, 0.3) is 0 Å². The third-order valence-corrected chi connectivity index (χ3v) is 34.9. The molecule has 18 nitrogen and oxygen atoms in total. The second kappa shape index (κ2) is 30.4.